The molecule has 4 nitrogen and oxygen atoms in total. The Balaban J connectivity index is 2.46. The minimum Gasteiger partial charge on any atom is -0.378 e. The second-order valence-corrected chi connectivity index (χ2v) is 4.19. The zero-order valence-corrected chi connectivity index (χ0v) is 10.8. The van der Waals surface area contributed by atoms with Crippen molar-refractivity contribution in [2.24, 2.45) is 0 Å². The number of hydrogen-bond acceptors (Lipinski definition) is 3. The lowest BCUT2D eigenvalue weighted by Crippen LogP contribution is -2.26. The van der Waals surface area contributed by atoms with Crippen LogP contribution in [0.3, 0.4) is 0 Å². The molecule has 0 spiro atoms. The van der Waals surface area contributed by atoms with Gasteiger partial charge in [0.05, 0.1) is 0 Å². The molecule has 1 amide bonds. The van der Waals surface area contributed by atoms with Crippen LogP contribution in [0.15, 0.2) is 24.3 Å². The highest BCUT2D eigenvalue weighted by atomic mass is 16.1. The van der Waals surface area contributed by atoms with E-state index in [4.69, 9.17) is 0 Å². The van der Waals surface area contributed by atoms with Gasteiger partial charge in [-0.05, 0) is 24.7 Å². The summed E-state index contributed by atoms with van der Waals surface area (Å²) in [6.45, 7) is 1.30. The maximum Gasteiger partial charge on any atom is 0.221 e. The van der Waals surface area contributed by atoms with Crippen LogP contribution in [0, 0.1) is 0 Å². The Hall–Kier alpha value is -1.55. The SMILES string of the molecule is CNCCC(=O)NCc1cccc(N(C)C)c1. The fraction of sp³-hybridized carbons (Fsp3) is 0.462. The number of nitrogens with zero attached hydrogens (tertiary/aromatic N) is 1. The van der Waals surface area contributed by atoms with Gasteiger partial charge in [-0.3, -0.25) is 4.79 Å². The zero-order chi connectivity index (χ0) is 12.7. The van der Waals surface area contributed by atoms with E-state index in [9.17, 15) is 4.79 Å². The number of hydrogen-bond donors (Lipinski definition) is 2. The fourth-order valence-corrected chi connectivity index (χ4v) is 1.47. The molecule has 0 unspecified atom stereocenters. The molecule has 94 valence electrons. The van der Waals surface area contributed by atoms with Crippen LogP contribution < -0.4 is 15.5 Å². The average molecular weight is 235 g/mol. The van der Waals surface area contributed by atoms with Gasteiger partial charge in [0.25, 0.3) is 0 Å². The number of anilines is 1. The second kappa shape index (κ2) is 6.91. The summed E-state index contributed by atoms with van der Waals surface area (Å²) in [5.74, 6) is 0.0783. The molecule has 17 heavy (non-hydrogen) atoms. The quantitative estimate of drug-likeness (QED) is 0.772. The molecule has 0 heterocycles. The summed E-state index contributed by atoms with van der Waals surface area (Å²) in [6, 6.07) is 8.15. The molecule has 0 aliphatic rings. The van der Waals surface area contributed by atoms with Crippen molar-refractivity contribution in [3.8, 4) is 0 Å². The number of carbonyl (C=O) groups is 1. The number of nitrogens with one attached hydrogen (secondary N) is 2. The van der Waals surface area contributed by atoms with Crippen molar-refractivity contribution in [2.45, 2.75) is 13.0 Å². The summed E-state index contributed by atoms with van der Waals surface area (Å²) in [7, 11) is 5.85. The van der Waals surface area contributed by atoms with E-state index in [-0.39, 0.29) is 5.91 Å². The predicted octanol–water partition coefficient (Wildman–Crippen LogP) is 0.978. The van der Waals surface area contributed by atoms with Gasteiger partial charge in [0, 0.05) is 39.3 Å². The summed E-state index contributed by atoms with van der Waals surface area (Å²) in [4.78, 5) is 13.5. The molecule has 0 aliphatic heterocycles. The van der Waals surface area contributed by atoms with Crippen molar-refractivity contribution in [3.05, 3.63) is 29.8 Å². The maximum atomic E-state index is 11.4. The largest absolute Gasteiger partial charge is 0.378 e. The summed E-state index contributed by atoms with van der Waals surface area (Å²) >= 11 is 0. The van der Waals surface area contributed by atoms with E-state index >= 15 is 0 Å². The molecule has 0 bridgehead atoms. The van der Waals surface area contributed by atoms with Crippen LogP contribution in [0.5, 0.6) is 0 Å². The lowest BCUT2D eigenvalue weighted by molar-refractivity contribution is -0.121. The highest BCUT2D eigenvalue weighted by Crippen LogP contribution is 2.12. The third kappa shape index (κ3) is 4.87. The molecule has 0 saturated carbocycles. The highest BCUT2D eigenvalue weighted by molar-refractivity contribution is 5.76. The lowest BCUT2D eigenvalue weighted by Gasteiger charge is -2.13. The molecule has 1 aromatic rings. The van der Waals surface area contributed by atoms with Gasteiger partial charge in [0.1, 0.15) is 0 Å². The van der Waals surface area contributed by atoms with Crippen molar-refractivity contribution >= 4 is 11.6 Å². The molecule has 0 saturated heterocycles. The second-order valence-electron chi connectivity index (χ2n) is 4.19. The Kier molecular flexibility index (Phi) is 5.49. The van der Waals surface area contributed by atoms with Gasteiger partial charge in [-0.15, -0.1) is 0 Å². The molecule has 2 N–H and O–H groups in total. The van der Waals surface area contributed by atoms with Gasteiger partial charge in [0.2, 0.25) is 5.91 Å². The first-order chi connectivity index (χ1) is 8.13. The fourth-order valence-electron chi connectivity index (χ4n) is 1.47. The van der Waals surface area contributed by atoms with Crippen LogP contribution in [0.2, 0.25) is 0 Å². The first kappa shape index (κ1) is 13.5. The van der Waals surface area contributed by atoms with Gasteiger partial charge < -0.3 is 15.5 Å². The third-order valence-corrected chi connectivity index (χ3v) is 2.52. The third-order valence-electron chi connectivity index (χ3n) is 2.52. The van der Waals surface area contributed by atoms with E-state index in [0.717, 1.165) is 11.3 Å². The van der Waals surface area contributed by atoms with Crippen molar-refractivity contribution in [1.29, 1.82) is 0 Å². The van der Waals surface area contributed by atoms with Crippen LogP contribution in [-0.2, 0) is 11.3 Å². The molecule has 0 aliphatic carbocycles. The predicted molar refractivity (Wildman–Crippen MR) is 71.2 cm³/mol. The van der Waals surface area contributed by atoms with Gasteiger partial charge >= 0.3 is 0 Å². The van der Waals surface area contributed by atoms with Gasteiger partial charge in [0.15, 0.2) is 0 Å². The van der Waals surface area contributed by atoms with Gasteiger partial charge in [-0.25, -0.2) is 0 Å². The summed E-state index contributed by atoms with van der Waals surface area (Å²) in [5, 5.41) is 5.86. The summed E-state index contributed by atoms with van der Waals surface area (Å²) in [5.41, 5.74) is 2.26. The van der Waals surface area contributed by atoms with Crippen LogP contribution in [0.1, 0.15) is 12.0 Å². The molecular formula is C13H21N3O. The molecular weight excluding hydrogens is 214 g/mol. The zero-order valence-electron chi connectivity index (χ0n) is 10.8. The van der Waals surface area contributed by atoms with E-state index in [0.29, 0.717) is 19.5 Å². The van der Waals surface area contributed by atoms with Crippen LogP contribution >= 0.6 is 0 Å². The van der Waals surface area contributed by atoms with Crippen molar-refractivity contribution < 1.29 is 4.79 Å². The minimum absolute atomic E-state index is 0.0783. The van der Waals surface area contributed by atoms with E-state index in [2.05, 4.69) is 16.7 Å². The minimum atomic E-state index is 0.0783. The molecule has 1 rings (SSSR count). The smallest absolute Gasteiger partial charge is 0.221 e. The Morgan fingerprint density at radius 1 is 1.35 bits per heavy atom. The maximum absolute atomic E-state index is 11.4. The monoisotopic (exact) mass is 235 g/mol. The van der Waals surface area contributed by atoms with E-state index in [1.807, 2.05) is 44.2 Å². The highest BCUT2D eigenvalue weighted by Gasteiger charge is 2.01. The molecule has 4 heteroatoms. The van der Waals surface area contributed by atoms with Crippen LogP contribution in [-0.4, -0.2) is 33.6 Å². The molecule has 0 atom stereocenters. The van der Waals surface area contributed by atoms with E-state index in [1.165, 1.54) is 0 Å². The van der Waals surface area contributed by atoms with Crippen LogP contribution in [0.4, 0.5) is 5.69 Å². The Labute approximate surface area is 103 Å². The summed E-state index contributed by atoms with van der Waals surface area (Å²) < 4.78 is 0. The number of carbonyl (C=O) groups excluding carboxylic acids is 1. The average Bonchev–Trinajstić information content (AvgIpc) is 2.34. The number of rotatable bonds is 6. The number of benzene rings is 1. The molecule has 0 fully saturated rings. The number of amides is 1. The molecule has 0 aromatic heterocycles. The van der Waals surface area contributed by atoms with Crippen molar-refractivity contribution in [2.75, 3.05) is 32.6 Å². The van der Waals surface area contributed by atoms with E-state index in [1.54, 1.807) is 0 Å². The first-order valence-electron chi connectivity index (χ1n) is 5.81. The Morgan fingerprint density at radius 3 is 2.76 bits per heavy atom. The van der Waals surface area contributed by atoms with Crippen molar-refractivity contribution in [1.82, 2.24) is 10.6 Å². The summed E-state index contributed by atoms with van der Waals surface area (Å²) in [6.07, 6.45) is 0.518. The van der Waals surface area contributed by atoms with Gasteiger partial charge in [-0.2, -0.15) is 0 Å². The Bertz CT molecular complexity index is 363. The molecule has 0 radical (unpaired) electrons. The topological polar surface area (TPSA) is 44.4 Å². The van der Waals surface area contributed by atoms with E-state index < -0.39 is 0 Å². The molecule has 1 aromatic carbocycles. The van der Waals surface area contributed by atoms with Crippen molar-refractivity contribution in [3.63, 3.8) is 0 Å². The lowest BCUT2D eigenvalue weighted by atomic mass is 10.2. The first-order valence-corrected chi connectivity index (χ1v) is 5.81. The standard InChI is InChI=1S/C13H21N3O/c1-14-8-7-13(17)15-10-11-5-4-6-12(9-11)16(2)3/h4-6,9,14H,7-8,10H2,1-3H3,(H,15,17). The Morgan fingerprint density at radius 2 is 2.12 bits per heavy atom. The van der Waals surface area contributed by atoms with Crippen LogP contribution in [0.25, 0.3) is 0 Å². The van der Waals surface area contributed by atoms with Gasteiger partial charge in [-0.1, -0.05) is 12.1 Å². The normalized spacial score (nSPS) is 10.1.